The first kappa shape index (κ1) is 25.7. The molecule has 0 radical (unpaired) electrons. The van der Waals surface area contributed by atoms with Crippen LogP contribution in [-0.2, 0) is 14.1 Å². The lowest BCUT2D eigenvalue weighted by Crippen LogP contribution is -2.27. The predicted molar refractivity (Wildman–Crippen MR) is 139 cm³/mol. The second kappa shape index (κ2) is 9.76. The number of imidazole rings is 1. The Labute approximate surface area is 220 Å². The van der Waals surface area contributed by atoms with Crippen molar-refractivity contribution < 1.29 is 19.0 Å². The van der Waals surface area contributed by atoms with Crippen LogP contribution in [0.15, 0.2) is 30.6 Å². The van der Waals surface area contributed by atoms with E-state index in [-0.39, 0.29) is 23.5 Å². The Morgan fingerprint density at radius 3 is 2.51 bits per heavy atom. The first-order valence-electron chi connectivity index (χ1n) is 12.6. The third-order valence-corrected chi connectivity index (χ3v) is 7.94. The van der Waals surface area contributed by atoms with Crippen LogP contribution in [0.2, 0.25) is 5.02 Å². The van der Waals surface area contributed by atoms with E-state index in [0.717, 1.165) is 37.1 Å². The second-order valence-electron chi connectivity index (χ2n) is 11.2. The summed E-state index contributed by atoms with van der Waals surface area (Å²) in [5.74, 6) is 1.47. The van der Waals surface area contributed by atoms with Crippen molar-refractivity contribution in [3.63, 3.8) is 0 Å². The summed E-state index contributed by atoms with van der Waals surface area (Å²) < 4.78 is 22.9. The average molecular weight is 530 g/mol. The Morgan fingerprint density at radius 2 is 1.86 bits per heavy atom. The smallest absolute Gasteiger partial charge is 0.274 e. The van der Waals surface area contributed by atoms with Gasteiger partial charge in [0.2, 0.25) is 5.88 Å². The number of anilines is 1. The molecule has 2 aromatic heterocycles. The number of carbonyl (C=O) groups excluding carboxylic acids is 1. The van der Waals surface area contributed by atoms with Gasteiger partial charge in [-0.1, -0.05) is 11.6 Å². The predicted octanol–water partition coefficient (Wildman–Crippen LogP) is 5.04. The van der Waals surface area contributed by atoms with Gasteiger partial charge in [0.15, 0.2) is 0 Å². The summed E-state index contributed by atoms with van der Waals surface area (Å²) >= 11 is 5.88. The fourth-order valence-electron chi connectivity index (χ4n) is 6.03. The molecular weight excluding hydrogens is 497 g/mol. The van der Waals surface area contributed by atoms with Crippen LogP contribution in [-0.4, -0.2) is 42.6 Å². The van der Waals surface area contributed by atoms with Gasteiger partial charge >= 0.3 is 0 Å². The third-order valence-electron chi connectivity index (χ3n) is 7.65. The van der Waals surface area contributed by atoms with Crippen molar-refractivity contribution in [2.75, 3.05) is 11.9 Å². The van der Waals surface area contributed by atoms with Crippen LogP contribution in [0, 0.1) is 17.7 Å². The molecule has 2 heterocycles. The molecule has 5 rings (SSSR count). The monoisotopic (exact) mass is 529 g/mol. The van der Waals surface area contributed by atoms with Crippen molar-refractivity contribution in [2.24, 2.45) is 25.9 Å². The number of carbonyl (C=O) groups is 1. The number of ether oxygens (including phenoxy) is 1. The number of aliphatic hydroxyl groups is 1. The summed E-state index contributed by atoms with van der Waals surface area (Å²) in [6.07, 6.45) is 5.78. The molecule has 2 unspecified atom stereocenters. The van der Waals surface area contributed by atoms with Crippen LogP contribution in [0.4, 0.5) is 10.1 Å². The number of nitrogens with one attached hydrogen (secondary N) is 1. The van der Waals surface area contributed by atoms with E-state index in [4.69, 9.17) is 16.3 Å². The van der Waals surface area contributed by atoms with E-state index in [1.54, 1.807) is 24.7 Å². The SMILES string of the molecule is Cn1cnc(C2C[C@@H]3CC(c4cc(OCC(C)(C)O)nn4C)C[C@@H]3C2)c1C(=O)Nc1ccc(F)c(Cl)c1. The molecule has 2 fully saturated rings. The molecule has 37 heavy (non-hydrogen) atoms. The van der Waals surface area contributed by atoms with Gasteiger partial charge < -0.3 is 19.7 Å². The second-order valence-corrected chi connectivity index (χ2v) is 11.6. The number of fused-ring (bicyclic) bond motifs is 1. The van der Waals surface area contributed by atoms with Crippen LogP contribution < -0.4 is 10.1 Å². The number of aromatic nitrogens is 4. The zero-order valence-electron chi connectivity index (χ0n) is 21.5. The summed E-state index contributed by atoms with van der Waals surface area (Å²) in [7, 11) is 3.76. The molecule has 2 N–H and O–H groups in total. The lowest BCUT2D eigenvalue weighted by molar-refractivity contribution is 0.0266. The molecule has 2 aliphatic carbocycles. The van der Waals surface area contributed by atoms with Crippen molar-refractivity contribution in [3.05, 3.63) is 58.5 Å². The van der Waals surface area contributed by atoms with E-state index >= 15 is 0 Å². The van der Waals surface area contributed by atoms with Gasteiger partial charge in [0.25, 0.3) is 5.91 Å². The molecular formula is C27H33ClFN5O3. The Kier molecular flexibility index (Phi) is 6.79. The highest BCUT2D eigenvalue weighted by molar-refractivity contribution is 6.31. The molecule has 10 heteroatoms. The maximum Gasteiger partial charge on any atom is 0.274 e. The zero-order chi connectivity index (χ0) is 26.5. The van der Waals surface area contributed by atoms with E-state index in [9.17, 15) is 14.3 Å². The van der Waals surface area contributed by atoms with Crippen molar-refractivity contribution in [2.45, 2.75) is 57.0 Å². The number of nitrogens with zero attached hydrogens (tertiary/aromatic N) is 4. The first-order valence-corrected chi connectivity index (χ1v) is 13.0. The summed E-state index contributed by atoms with van der Waals surface area (Å²) in [4.78, 5) is 17.8. The molecule has 4 atom stereocenters. The lowest BCUT2D eigenvalue weighted by atomic mass is 9.93. The summed E-state index contributed by atoms with van der Waals surface area (Å²) in [6, 6.07) is 6.14. The summed E-state index contributed by atoms with van der Waals surface area (Å²) in [5.41, 5.74) is 2.04. The van der Waals surface area contributed by atoms with Crippen LogP contribution in [0.5, 0.6) is 5.88 Å². The average Bonchev–Trinajstić information content (AvgIpc) is 3.56. The van der Waals surface area contributed by atoms with E-state index < -0.39 is 11.4 Å². The number of halogens is 2. The standard InChI is InChI=1S/C27H33ClFN5O3/c1-27(2,36)13-37-23-12-22(34(4)32-23)17-7-15-9-18(10-16(15)8-17)24-25(33(3)14-30-24)26(35)31-19-5-6-21(29)20(28)11-19/h5-6,11-12,14-18,36H,7-10,13H2,1-4H3,(H,31,35)/t15-,16+,17?,18?. The molecule has 0 spiro atoms. The van der Waals surface area contributed by atoms with Crippen LogP contribution in [0.25, 0.3) is 0 Å². The molecule has 8 nitrogen and oxygen atoms in total. The minimum atomic E-state index is -0.912. The fourth-order valence-corrected chi connectivity index (χ4v) is 6.21. The lowest BCUT2D eigenvalue weighted by Gasteiger charge is -2.16. The largest absolute Gasteiger partial charge is 0.474 e. The molecule has 1 amide bonds. The van der Waals surface area contributed by atoms with Crippen LogP contribution in [0.1, 0.15) is 73.2 Å². The fraction of sp³-hybridized carbons (Fsp3) is 0.519. The topological polar surface area (TPSA) is 94.2 Å². The summed E-state index contributed by atoms with van der Waals surface area (Å²) in [6.45, 7) is 3.61. The van der Waals surface area contributed by atoms with Gasteiger partial charge in [-0.25, -0.2) is 9.37 Å². The number of hydrogen-bond acceptors (Lipinski definition) is 5. The van der Waals surface area contributed by atoms with Gasteiger partial charge in [0.1, 0.15) is 18.1 Å². The van der Waals surface area contributed by atoms with Gasteiger partial charge in [-0.05, 0) is 69.6 Å². The molecule has 0 bridgehead atoms. The molecule has 2 saturated carbocycles. The summed E-state index contributed by atoms with van der Waals surface area (Å²) in [5, 5.41) is 17.2. The van der Waals surface area contributed by atoms with Crippen LogP contribution in [0.3, 0.4) is 0 Å². The van der Waals surface area contributed by atoms with E-state index in [1.165, 1.54) is 18.2 Å². The van der Waals surface area contributed by atoms with Crippen molar-refractivity contribution in [3.8, 4) is 5.88 Å². The number of benzene rings is 1. The van der Waals surface area contributed by atoms with Crippen molar-refractivity contribution in [1.29, 1.82) is 0 Å². The van der Waals surface area contributed by atoms with Gasteiger partial charge in [0, 0.05) is 43.4 Å². The highest BCUT2D eigenvalue weighted by atomic mass is 35.5. The number of hydrogen-bond donors (Lipinski definition) is 2. The normalized spacial score (nSPS) is 23.3. The zero-order valence-corrected chi connectivity index (χ0v) is 22.3. The number of aryl methyl sites for hydroxylation is 2. The van der Waals surface area contributed by atoms with Gasteiger partial charge in [0.05, 0.1) is 22.6 Å². The quantitative estimate of drug-likeness (QED) is 0.447. The molecule has 2 aliphatic rings. The van der Waals surface area contributed by atoms with Gasteiger partial charge in [-0.2, -0.15) is 0 Å². The van der Waals surface area contributed by atoms with Gasteiger partial charge in [-0.15, -0.1) is 5.10 Å². The highest BCUT2D eigenvalue weighted by Gasteiger charge is 2.45. The minimum Gasteiger partial charge on any atom is -0.474 e. The minimum absolute atomic E-state index is 0.0365. The Bertz CT molecular complexity index is 1300. The maximum atomic E-state index is 13.5. The molecule has 0 saturated heterocycles. The molecule has 0 aliphatic heterocycles. The number of rotatable bonds is 7. The van der Waals surface area contributed by atoms with E-state index in [1.807, 2.05) is 24.8 Å². The molecule has 3 aromatic rings. The van der Waals surface area contributed by atoms with Crippen molar-refractivity contribution in [1.82, 2.24) is 19.3 Å². The highest BCUT2D eigenvalue weighted by Crippen LogP contribution is 2.55. The third kappa shape index (κ3) is 5.38. The molecule has 1 aromatic carbocycles. The Hall–Kier alpha value is -2.91. The number of amides is 1. The van der Waals surface area contributed by atoms with Crippen LogP contribution >= 0.6 is 11.6 Å². The Morgan fingerprint density at radius 1 is 1.19 bits per heavy atom. The van der Waals surface area contributed by atoms with E-state index in [0.29, 0.717) is 35.0 Å². The van der Waals surface area contributed by atoms with Gasteiger partial charge in [-0.3, -0.25) is 9.48 Å². The van der Waals surface area contributed by atoms with E-state index in [2.05, 4.69) is 15.4 Å². The maximum absolute atomic E-state index is 13.5. The van der Waals surface area contributed by atoms with Crippen molar-refractivity contribution >= 4 is 23.2 Å². The Balaban J connectivity index is 1.25. The first-order chi connectivity index (χ1) is 17.5. The molecule has 198 valence electrons.